The zero-order valence-electron chi connectivity index (χ0n) is 13.5. The van der Waals surface area contributed by atoms with Crippen LogP contribution in [0.2, 0.25) is 0 Å². The maximum Gasteiger partial charge on any atom is 0.224 e. The van der Waals surface area contributed by atoms with E-state index in [4.69, 9.17) is 5.73 Å². The molecule has 0 spiro atoms. The lowest BCUT2D eigenvalue weighted by Crippen LogP contribution is -2.51. The highest BCUT2D eigenvalue weighted by Crippen LogP contribution is 2.38. The van der Waals surface area contributed by atoms with Crippen molar-refractivity contribution < 1.29 is 4.79 Å². The van der Waals surface area contributed by atoms with E-state index in [1.54, 1.807) is 0 Å². The van der Waals surface area contributed by atoms with Crippen molar-refractivity contribution in [3.63, 3.8) is 0 Å². The van der Waals surface area contributed by atoms with E-state index in [2.05, 4.69) is 26.1 Å². The van der Waals surface area contributed by atoms with Crippen LogP contribution in [-0.2, 0) is 4.79 Å². The molecule has 4 unspecified atom stereocenters. The second kappa shape index (κ2) is 6.46. The van der Waals surface area contributed by atoms with Gasteiger partial charge in [-0.25, -0.2) is 0 Å². The fourth-order valence-electron chi connectivity index (χ4n) is 4.12. The molecule has 1 amide bonds. The second-order valence-corrected chi connectivity index (χ2v) is 7.93. The summed E-state index contributed by atoms with van der Waals surface area (Å²) >= 11 is 0. The molecule has 0 aromatic carbocycles. The average molecular weight is 280 g/mol. The van der Waals surface area contributed by atoms with E-state index >= 15 is 0 Å². The van der Waals surface area contributed by atoms with Crippen LogP contribution in [0.15, 0.2) is 0 Å². The molecule has 116 valence electrons. The zero-order chi connectivity index (χ0) is 14.8. The van der Waals surface area contributed by atoms with Crippen molar-refractivity contribution in [3.8, 4) is 0 Å². The van der Waals surface area contributed by atoms with Gasteiger partial charge in [-0.2, -0.15) is 0 Å². The number of amides is 1. The molecule has 2 aliphatic rings. The summed E-state index contributed by atoms with van der Waals surface area (Å²) in [6.45, 7) is 6.90. The minimum Gasteiger partial charge on any atom is -0.353 e. The van der Waals surface area contributed by atoms with Crippen LogP contribution in [-0.4, -0.2) is 18.0 Å². The lowest BCUT2D eigenvalue weighted by molar-refractivity contribution is -0.128. The van der Waals surface area contributed by atoms with Gasteiger partial charge in [0, 0.05) is 12.1 Å². The molecule has 0 aromatic heterocycles. The number of hydrogen-bond donors (Lipinski definition) is 2. The molecular weight excluding hydrogens is 248 g/mol. The third-order valence-electron chi connectivity index (χ3n) is 5.36. The highest BCUT2D eigenvalue weighted by molar-refractivity contribution is 5.79. The minimum atomic E-state index is 0.0475. The topological polar surface area (TPSA) is 55.1 Å². The Hall–Kier alpha value is -0.570. The summed E-state index contributed by atoms with van der Waals surface area (Å²) in [6, 6.07) is 0.422. The van der Waals surface area contributed by atoms with Crippen molar-refractivity contribution in [2.24, 2.45) is 23.0 Å². The number of nitrogens with two attached hydrogens (primary N) is 1. The van der Waals surface area contributed by atoms with Crippen molar-refractivity contribution in [2.75, 3.05) is 0 Å². The first-order valence-corrected chi connectivity index (χ1v) is 8.45. The minimum absolute atomic E-state index is 0.0475. The Morgan fingerprint density at radius 2 is 1.60 bits per heavy atom. The Labute approximate surface area is 124 Å². The molecule has 2 rings (SSSR count). The van der Waals surface area contributed by atoms with Crippen LogP contribution in [0.1, 0.15) is 72.1 Å². The van der Waals surface area contributed by atoms with E-state index in [1.807, 2.05) is 0 Å². The Kier molecular flexibility index (Phi) is 5.11. The van der Waals surface area contributed by atoms with Gasteiger partial charge < -0.3 is 11.1 Å². The lowest BCUT2D eigenvalue weighted by Gasteiger charge is -2.41. The van der Waals surface area contributed by atoms with Gasteiger partial charge in [0.15, 0.2) is 0 Å². The predicted octanol–water partition coefficient (Wildman–Crippen LogP) is 3.23. The van der Waals surface area contributed by atoms with Gasteiger partial charge in [-0.15, -0.1) is 0 Å². The third kappa shape index (κ3) is 3.75. The maximum atomic E-state index is 12.6. The molecule has 3 nitrogen and oxygen atoms in total. The lowest BCUT2D eigenvalue weighted by atomic mass is 9.69. The van der Waals surface area contributed by atoms with Crippen LogP contribution in [0.5, 0.6) is 0 Å². The summed E-state index contributed by atoms with van der Waals surface area (Å²) in [4.78, 5) is 12.6. The van der Waals surface area contributed by atoms with Crippen LogP contribution in [0.4, 0.5) is 0 Å². The molecule has 0 radical (unpaired) electrons. The van der Waals surface area contributed by atoms with E-state index in [1.165, 1.54) is 25.7 Å². The molecular formula is C17H32N2O. The largest absolute Gasteiger partial charge is 0.353 e. The smallest absolute Gasteiger partial charge is 0.224 e. The molecule has 2 aliphatic carbocycles. The average Bonchev–Trinajstić information content (AvgIpc) is 2.38. The van der Waals surface area contributed by atoms with Crippen molar-refractivity contribution in [1.82, 2.24) is 5.32 Å². The molecule has 20 heavy (non-hydrogen) atoms. The fraction of sp³-hybridized carbons (Fsp3) is 0.941. The van der Waals surface area contributed by atoms with Crippen LogP contribution in [0.25, 0.3) is 0 Å². The summed E-state index contributed by atoms with van der Waals surface area (Å²) in [6.07, 6.45) is 9.23. The predicted molar refractivity (Wildman–Crippen MR) is 83.3 cm³/mol. The fourth-order valence-corrected chi connectivity index (χ4v) is 4.12. The van der Waals surface area contributed by atoms with Crippen molar-refractivity contribution in [1.29, 1.82) is 0 Å². The Morgan fingerprint density at radius 1 is 1.00 bits per heavy atom. The van der Waals surface area contributed by atoms with Crippen molar-refractivity contribution in [3.05, 3.63) is 0 Å². The van der Waals surface area contributed by atoms with E-state index < -0.39 is 0 Å². The van der Waals surface area contributed by atoms with Gasteiger partial charge in [-0.1, -0.05) is 46.5 Å². The molecule has 2 fully saturated rings. The standard InChI is InChI=1S/C17H32N2O/c1-17(2,3)13-9-5-7-11-15(13)19-16(20)12-8-4-6-10-14(12)18/h12-15H,4-11,18H2,1-3H3,(H,19,20). The molecule has 0 heterocycles. The van der Waals surface area contributed by atoms with Gasteiger partial charge in [0.05, 0.1) is 5.92 Å². The van der Waals surface area contributed by atoms with Crippen molar-refractivity contribution >= 4 is 5.91 Å². The van der Waals surface area contributed by atoms with Gasteiger partial charge in [0.25, 0.3) is 0 Å². The van der Waals surface area contributed by atoms with Crippen LogP contribution < -0.4 is 11.1 Å². The molecule has 4 atom stereocenters. The SMILES string of the molecule is CC(C)(C)C1CCCCC1NC(=O)C1CCCCC1N. The van der Waals surface area contributed by atoms with Gasteiger partial charge >= 0.3 is 0 Å². The van der Waals surface area contributed by atoms with Crippen LogP contribution >= 0.6 is 0 Å². The normalized spacial score (nSPS) is 35.6. The summed E-state index contributed by atoms with van der Waals surface area (Å²) in [5, 5.41) is 3.36. The summed E-state index contributed by atoms with van der Waals surface area (Å²) in [7, 11) is 0. The number of hydrogen-bond acceptors (Lipinski definition) is 2. The van der Waals surface area contributed by atoms with Crippen molar-refractivity contribution in [2.45, 2.75) is 84.2 Å². The quantitative estimate of drug-likeness (QED) is 0.816. The molecule has 3 N–H and O–H groups in total. The monoisotopic (exact) mass is 280 g/mol. The van der Waals surface area contributed by atoms with E-state index in [-0.39, 0.29) is 23.3 Å². The molecule has 0 aliphatic heterocycles. The number of nitrogens with one attached hydrogen (secondary N) is 1. The maximum absolute atomic E-state index is 12.6. The number of rotatable bonds is 2. The molecule has 0 aromatic rings. The van der Waals surface area contributed by atoms with Crippen LogP contribution in [0, 0.1) is 17.3 Å². The van der Waals surface area contributed by atoms with E-state index in [0.29, 0.717) is 12.0 Å². The van der Waals surface area contributed by atoms with Crippen LogP contribution in [0.3, 0.4) is 0 Å². The first-order valence-electron chi connectivity index (χ1n) is 8.45. The van der Waals surface area contributed by atoms with Gasteiger partial charge in [-0.3, -0.25) is 4.79 Å². The highest BCUT2D eigenvalue weighted by atomic mass is 16.2. The van der Waals surface area contributed by atoms with E-state index in [9.17, 15) is 4.79 Å². The molecule has 0 bridgehead atoms. The summed E-state index contributed by atoms with van der Waals surface area (Å²) in [5.74, 6) is 0.865. The van der Waals surface area contributed by atoms with E-state index in [0.717, 1.165) is 25.7 Å². The summed E-state index contributed by atoms with van der Waals surface area (Å²) < 4.78 is 0. The van der Waals surface area contributed by atoms with Gasteiger partial charge in [0.2, 0.25) is 5.91 Å². The first kappa shape index (κ1) is 15.8. The number of carbonyl (C=O) groups is 1. The van der Waals surface area contributed by atoms with Gasteiger partial charge in [0.1, 0.15) is 0 Å². The Bertz CT molecular complexity index is 334. The molecule has 3 heteroatoms. The Balaban J connectivity index is 1.97. The Morgan fingerprint density at radius 3 is 2.25 bits per heavy atom. The molecule has 0 saturated heterocycles. The second-order valence-electron chi connectivity index (χ2n) is 7.93. The third-order valence-corrected chi connectivity index (χ3v) is 5.36. The highest BCUT2D eigenvalue weighted by Gasteiger charge is 2.37. The molecule has 2 saturated carbocycles. The van der Waals surface area contributed by atoms with Gasteiger partial charge in [-0.05, 0) is 37.0 Å². The zero-order valence-corrected chi connectivity index (χ0v) is 13.5. The summed E-state index contributed by atoms with van der Waals surface area (Å²) in [5.41, 5.74) is 6.42. The first-order chi connectivity index (χ1) is 9.39. The number of carbonyl (C=O) groups excluding carboxylic acids is 1.